The highest BCUT2D eigenvalue weighted by atomic mass is 32.1. The van der Waals surface area contributed by atoms with Gasteiger partial charge < -0.3 is 4.90 Å². The van der Waals surface area contributed by atoms with Crippen LogP contribution in [0.25, 0.3) is 10.6 Å². The first kappa shape index (κ1) is 12.5. The molecule has 100 valence electrons. The summed E-state index contributed by atoms with van der Waals surface area (Å²) >= 11 is 1.49. The SMILES string of the molecule is FC(F)c1nc(-c2cccs2)cc(N2CCCC2)n1. The zero-order valence-electron chi connectivity index (χ0n) is 10.2. The van der Waals surface area contributed by atoms with E-state index in [0.717, 1.165) is 30.8 Å². The first-order valence-corrected chi connectivity index (χ1v) is 7.08. The van der Waals surface area contributed by atoms with Crippen LogP contribution in [0.2, 0.25) is 0 Å². The van der Waals surface area contributed by atoms with Gasteiger partial charge in [-0.05, 0) is 24.3 Å². The molecule has 19 heavy (non-hydrogen) atoms. The summed E-state index contributed by atoms with van der Waals surface area (Å²) in [5, 5.41) is 1.91. The van der Waals surface area contributed by atoms with E-state index < -0.39 is 6.43 Å². The number of halogens is 2. The van der Waals surface area contributed by atoms with Crippen LogP contribution in [0.3, 0.4) is 0 Å². The molecule has 0 atom stereocenters. The molecule has 0 aromatic carbocycles. The van der Waals surface area contributed by atoms with Gasteiger partial charge >= 0.3 is 0 Å². The van der Waals surface area contributed by atoms with E-state index in [2.05, 4.69) is 9.97 Å². The first-order valence-electron chi connectivity index (χ1n) is 6.20. The van der Waals surface area contributed by atoms with Crippen LogP contribution in [0.15, 0.2) is 23.6 Å². The van der Waals surface area contributed by atoms with E-state index in [1.54, 1.807) is 0 Å². The van der Waals surface area contributed by atoms with Gasteiger partial charge in [0.15, 0.2) is 5.82 Å². The van der Waals surface area contributed by atoms with Crippen molar-refractivity contribution in [2.75, 3.05) is 18.0 Å². The number of anilines is 1. The molecule has 1 aliphatic heterocycles. The molecule has 3 heterocycles. The van der Waals surface area contributed by atoms with Crippen molar-refractivity contribution in [3.05, 3.63) is 29.4 Å². The fourth-order valence-electron chi connectivity index (χ4n) is 2.21. The van der Waals surface area contributed by atoms with E-state index in [1.807, 2.05) is 28.5 Å². The molecule has 0 spiro atoms. The molecule has 1 fully saturated rings. The van der Waals surface area contributed by atoms with E-state index in [0.29, 0.717) is 11.5 Å². The van der Waals surface area contributed by atoms with Crippen LogP contribution in [0.5, 0.6) is 0 Å². The molecule has 0 N–H and O–H groups in total. The molecule has 1 aliphatic rings. The van der Waals surface area contributed by atoms with Gasteiger partial charge in [0, 0.05) is 19.2 Å². The molecule has 2 aromatic rings. The summed E-state index contributed by atoms with van der Waals surface area (Å²) in [6.45, 7) is 1.76. The Morgan fingerprint density at radius 1 is 1.21 bits per heavy atom. The molecule has 1 saturated heterocycles. The Hall–Kier alpha value is -1.56. The van der Waals surface area contributed by atoms with Crippen LogP contribution in [-0.2, 0) is 0 Å². The Bertz CT molecular complexity index is 551. The molecule has 0 saturated carbocycles. The van der Waals surface area contributed by atoms with Crippen molar-refractivity contribution in [2.45, 2.75) is 19.3 Å². The van der Waals surface area contributed by atoms with E-state index in [-0.39, 0.29) is 5.82 Å². The van der Waals surface area contributed by atoms with Crippen molar-refractivity contribution >= 4 is 17.2 Å². The summed E-state index contributed by atoms with van der Waals surface area (Å²) in [6, 6.07) is 5.58. The van der Waals surface area contributed by atoms with Crippen molar-refractivity contribution in [3.8, 4) is 10.6 Å². The molecule has 6 heteroatoms. The minimum absolute atomic E-state index is 0.382. The quantitative estimate of drug-likeness (QED) is 0.858. The van der Waals surface area contributed by atoms with Gasteiger partial charge in [-0.25, -0.2) is 18.7 Å². The Kier molecular flexibility index (Phi) is 3.42. The lowest BCUT2D eigenvalue weighted by Crippen LogP contribution is -2.20. The molecular formula is C13H13F2N3S. The predicted octanol–water partition coefficient (Wildman–Crippen LogP) is 3.74. The smallest absolute Gasteiger partial charge is 0.297 e. The molecule has 0 radical (unpaired) electrons. The summed E-state index contributed by atoms with van der Waals surface area (Å²) in [6.07, 6.45) is -0.466. The number of nitrogens with zero attached hydrogens (tertiary/aromatic N) is 3. The van der Waals surface area contributed by atoms with Gasteiger partial charge in [-0.1, -0.05) is 6.07 Å². The second-order valence-electron chi connectivity index (χ2n) is 4.44. The van der Waals surface area contributed by atoms with Crippen LogP contribution in [0.1, 0.15) is 25.1 Å². The van der Waals surface area contributed by atoms with Gasteiger partial charge in [0.2, 0.25) is 0 Å². The summed E-state index contributed by atoms with van der Waals surface area (Å²) in [5.41, 5.74) is 0.585. The Morgan fingerprint density at radius 2 is 2.00 bits per heavy atom. The Balaban J connectivity index is 2.04. The second kappa shape index (κ2) is 5.21. The number of thiophene rings is 1. The highest BCUT2D eigenvalue weighted by Gasteiger charge is 2.20. The maximum Gasteiger partial charge on any atom is 0.297 e. The van der Waals surface area contributed by atoms with Crippen LogP contribution >= 0.6 is 11.3 Å². The highest BCUT2D eigenvalue weighted by Crippen LogP contribution is 2.29. The predicted molar refractivity (Wildman–Crippen MR) is 71.7 cm³/mol. The van der Waals surface area contributed by atoms with E-state index in [4.69, 9.17) is 0 Å². The van der Waals surface area contributed by atoms with Crippen molar-refractivity contribution in [1.82, 2.24) is 9.97 Å². The van der Waals surface area contributed by atoms with E-state index in [9.17, 15) is 8.78 Å². The van der Waals surface area contributed by atoms with Gasteiger partial charge in [0.1, 0.15) is 5.82 Å². The van der Waals surface area contributed by atoms with Crippen LogP contribution in [-0.4, -0.2) is 23.1 Å². The van der Waals surface area contributed by atoms with Crippen LogP contribution in [0.4, 0.5) is 14.6 Å². The van der Waals surface area contributed by atoms with Crippen molar-refractivity contribution in [2.24, 2.45) is 0 Å². The molecule has 2 aromatic heterocycles. The number of aromatic nitrogens is 2. The van der Waals surface area contributed by atoms with Gasteiger partial charge in [0.25, 0.3) is 6.43 Å². The van der Waals surface area contributed by atoms with Gasteiger partial charge in [0.05, 0.1) is 10.6 Å². The topological polar surface area (TPSA) is 29.0 Å². The molecular weight excluding hydrogens is 268 g/mol. The van der Waals surface area contributed by atoms with Crippen molar-refractivity contribution in [1.29, 1.82) is 0 Å². The van der Waals surface area contributed by atoms with E-state index in [1.165, 1.54) is 11.3 Å². The minimum Gasteiger partial charge on any atom is -0.356 e. The van der Waals surface area contributed by atoms with Gasteiger partial charge in [-0.3, -0.25) is 0 Å². The zero-order chi connectivity index (χ0) is 13.2. The number of hydrogen-bond donors (Lipinski definition) is 0. The number of rotatable bonds is 3. The van der Waals surface area contributed by atoms with E-state index >= 15 is 0 Å². The van der Waals surface area contributed by atoms with Gasteiger partial charge in [-0.15, -0.1) is 11.3 Å². The van der Waals surface area contributed by atoms with Crippen LogP contribution < -0.4 is 4.90 Å². The fraction of sp³-hybridized carbons (Fsp3) is 0.385. The molecule has 0 bridgehead atoms. The molecule has 3 rings (SSSR count). The highest BCUT2D eigenvalue weighted by molar-refractivity contribution is 7.13. The lowest BCUT2D eigenvalue weighted by atomic mass is 10.3. The average Bonchev–Trinajstić information content (AvgIpc) is 3.11. The standard InChI is InChI=1S/C13H13F2N3S/c14-12(15)13-16-9(10-4-3-7-19-10)8-11(17-13)18-5-1-2-6-18/h3-4,7-8,12H,1-2,5-6H2. The Labute approximate surface area is 113 Å². The monoisotopic (exact) mass is 281 g/mol. The lowest BCUT2D eigenvalue weighted by Gasteiger charge is -2.17. The van der Waals surface area contributed by atoms with Crippen molar-refractivity contribution in [3.63, 3.8) is 0 Å². The number of hydrogen-bond acceptors (Lipinski definition) is 4. The largest absolute Gasteiger partial charge is 0.356 e. The third-order valence-electron chi connectivity index (χ3n) is 3.13. The first-order chi connectivity index (χ1) is 9.24. The normalized spacial score (nSPS) is 15.4. The van der Waals surface area contributed by atoms with Crippen molar-refractivity contribution < 1.29 is 8.78 Å². The van der Waals surface area contributed by atoms with Crippen LogP contribution in [0, 0.1) is 0 Å². The third kappa shape index (κ3) is 2.58. The summed E-state index contributed by atoms with van der Waals surface area (Å²) in [5.74, 6) is 0.235. The summed E-state index contributed by atoms with van der Waals surface area (Å²) in [7, 11) is 0. The maximum atomic E-state index is 12.9. The molecule has 0 aliphatic carbocycles. The lowest BCUT2D eigenvalue weighted by molar-refractivity contribution is 0.140. The maximum absolute atomic E-state index is 12.9. The minimum atomic E-state index is -2.64. The molecule has 0 unspecified atom stereocenters. The Morgan fingerprint density at radius 3 is 2.63 bits per heavy atom. The average molecular weight is 281 g/mol. The summed E-state index contributed by atoms with van der Waals surface area (Å²) < 4.78 is 25.8. The summed E-state index contributed by atoms with van der Waals surface area (Å²) in [4.78, 5) is 10.9. The molecule has 0 amide bonds. The fourth-order valence-corrected chi connectivity index (χ4v) is 2.90. The van der Waals surface area contributed by atoms with Gasteiger partial charge in [-0.2, -0.15) is 0 Å². The second-order valence-corrected chi connectivity index (χ2v) is 5.39. The zero-order valence-corrected chi connectivity index (χ0v) is 11.0. The number of alkyl halides is 2. The third-order valence-corrected chi connectivity index (χ3v) is 4.02. The molecule has 3 nitrogen and oxygen atoms in total.